The van der Waals surface area contributed by atoms with E-state index in [4.69, 9.17) is 4.74 Å². The average molecular weight is 325 g/mol. The molecule has 0 bridgehead atoms. The maximum Gasteiger partial charge on any atom is 0.325 e. The molecular weight excluding hydrogens is 306 g/mol. The van der Waals surface area contributed by atoms with Crippen molar-refractivity contribution >= 4 is 28.9 Å². The van der Waals surface area contributed by atoms with Crippen molar-refractivity contribution in [3.05, 3.63) is 41.6 Å². The van der Waals surface area contributed by atoms with Gasteiger partial charge in [-0.3, -0.25) is 9.59 Å². The summed E-state index contributed by atoms with van der Waals surface area (Å²) in [6.45, 7) is 2.15. The van der Waals surface area contributed by atoms with Crippen LogP contribution in [0, 0.1) is 11.3 Å². The first-order valence-electron chi connectivity index (χ1n) is 7.54. The molecule has 0 saturated carbocycles. The minimum atomic E-state index is -0.361. The Morgan fingerprint density at radius 1 is 1.33 bits per heavy atom. The van der Waals surface area contributed by atoms with Crippen molar-refractivity contribution < 1.29 is 14.3 Å². The molecule has 2 rings (SSSR count). The number of esters is 1. The molecule has 0 aliphatic rings. The van der Waals surface area contributed by atoms with Crippen molar-refractivity contribution in [2.45, 2.75) is 13.5 Å². The Bertz CT molecular complexity index is 841. The van der Waals surface area contributed by atoms with E-state index in [-0.39, 0.29) is 24.0 Å². The number of aromatic nitrogens is 1. The van der Waals surface area contributed by atoms with E-state index in [1.54, 1.807) is 37.9 Å². The lowest BCUT2D eigenvalue weighted by molar-refractivity contribution is -0.143. The van der Waals surface area contributed by atoms with E-state index >= 15 is 0 Å². The molecule has 2 aromatic rings. The van der Waals surface area contributed by atoms with Crippen LogP contribution in [-0.4, -0.2) is 42.0 Å². The van der Waals surface area contributed by atoms with E-state index < -0.39 is 0 Å². The summed E-state index contributed by atoms with van der Waals surface area (Å²) in [6, 6.07) is 9.44. The Morgan fingerprint density at radius 2 is 2.04 bits per heavy atom. The third-order valence-electron chi connectivity index (χ3n) is 3.48. The third-order valence-corrected chi connectivity index (χ3v) is 3.48. The van der Waals surface area contributed by atoms with E-state index in [0.717, 1.165) is 10.9 Å². The first-order chi connectivity index (χ1) is 11.5. The van der Waals surface area contributed by atoms with Crippen LogP contribution in [0.5, 0.6) is 0 Å². The molecule has 0 fully saturated rings. The van der Waals surface area contributed by atoms with Crippen LogP contribution in [0.15, 0.2) is 36.0 Å². The number of hydrogen-bond donors (Lipinski definition) is 0. The zero-order valence-corrected chi connectivity index (χ0v) is 13.9. The van der Waals surface area contributed by atoms with Gasteiger partial charge in [-0.1, -0.05) is 18.2 Å². The van der Waals surface area contributed by atoms with Gasteiger partial charge in [0.25, 0.3) is 5.91 Å². The van der Waals surface area contributed by atoms with Gasteiger partial charge in [0.05, 0.1) is 6.61 Å². The van der Waals surface area contributed by atoms with Crippen LogP contribution in [0.1, 0.15) is 12.5 Å². The second-order valence-electron chi connectivity index (χ2n) is 5.40. The first-order valence-corrected chi connectivity index (χ1v) is 7.54. The van der Waals surface area contributed by atoms with Crippen LogP contribution < -0.4 is 0 Å². The molecule has 1 aromatic heterocycles. The number of ether oxygens (including phenoxy) is 1. The highest BCUT2D eigenvalue weighted by atomic mass is 16.5. The lowest BCUT2D eigenvalue weighted by Crippen LogP contribution is -2.22. The van der Waals surface area contributed by atoms with Crippen molar-refractivity contribution in [1.82, 2.24) is 9.47 Å². The monoisotopic (exact) mass is 325 g/mol. The summed E-state index contributed by atoms with van der Waals surface area (Å²) in [7, 11) is 3.19. The van der Waals surface area contributed by atoms with Gasteiger partial charge in [-0.05, 0) is 19.1 Å². The summed E-state index contributed by atoms with van der Waals surface area (Å²) in [4.78, 5) is 25.2. The van der Waals surface area contributed by atoms with Crippen molar-refractivity contribution in [3.63, 3.8) is 0 Å². The smallest absolute Gasteiger partial charge is 0.325 e. The number of fused-ring (bicyclic) bond motifs is 1. The normalized spacial score (nSPS) is 11.2. The van der Waals surface area contributed by atoms with Crippen molar-refractivity contribution in [1.29, 1.82) is 5.26 Å². The molecule has 0 radical (unpaired) electrons. The number of amides is 1. The van der Waals surface area contributed by atoms with E-state index in [1.807, 2.05) is 30.3 Å². The van der Waals surface area contributed by atoms with Gasteiger partial charge in [-0.25, -0.2) is 0 Å². The summed E-state index contributed by atoms with van der Waals surface area (Å²) in [5, 5.41) is 10.1. The van der Waals surface area contributed by atoms with Gasteiger partial charge in [0.1, 0.15) is 18.2 Å². The Labute approximate surface area is 140 Å². The number of carbonyl (C=O) groups excluding carboxylic acids is 2. The van der Waals surface area contributed by atoms with Gasteiger partial charge in [-0.2, -0.15) is 5.26 Å². The molecule has 6 heteroatoms. The lowest BCUT2D eigenvalue weighted by Gasteiger charge is -2.08. The molecule has 24 heavy (non-hydrogen) atoms. The number of para-hydroxylation sites is 1. The largest absolute Gasteiger partial charge is 0.465 e. The number of benzene rings is 1. The van der Waals surface area contributed by atoms with E-state index in [1.165, 1.54) is 4.90 Å². The van der Waals surface area contributed by atoms with Crippen molar-refractivity contribution in [2.75, 3.05) is 20.7 Å². The van der Waals surface area contributed by atoms with Crippen LogP contribution in [-0.2, 0) is 20.9 Å². The summed E-state index contributed by atoms with van der Waals surface area (Å²) in [5.41, 5.74) is 1.59. The first kappa shape index (κ1) is 17.3. The lowest BCUT2D eigenvalue weighted by atomic mass is 10.1. The third kappa shape index (κ3) is 3.63. The standard InChI is InChI=1S/C18H19N3O3/c1-4-24-17(22)12-21-11-14(15-7-5-6-8-16(15)21)9-13(10-19)18(23)20(2)3/h5-9,11H,4,12H2,1-3H3. The van der Waals surface area contributed by atoms with Gasteiger partial charge >= 0.3 is 5.97 Å². The number of rotatable bonds is 5. The highest BCUT2D eigenvalue weighted by molar-refractivity contribution is 6.03. The number of carbonyl (C=O) groups is 2. The molecular formula is C18H19N3O3. The van der Waals surface area contributed by atoms with Crippen LogP contribution in [0.25, 0.3) is 17.0 Å². The minimum Gasteiger partial charge on any atom is -0.465 e. The van der Waals surface area contributed by atoms with E-state index in [2.05, 4.69) is 0 Å². The molecule has 0 N–H and O–H groups in total. The molecule has 0 aliphatic carbocycles. The molecule has 1 aromatic carbocycles. The summed E-state index contributed by atoms with van der Waals surface area (Å²) in [5.74, 6) is -0.696. The average Bonchev–Trinajstić information content (AvgIpc) is 2.90. The maximum atomic E-state index is 12.0. The zero-order chi connectivity index (χ0) is 17.7. The Balaban J connectivity index is 2.50. The van der Waals surface area contributed by atoms with Crippen molar-refractivity contribution in [2.24, 2.45) is 0 Å². The Morgan fingerprint density at radius 3 is 2.67 bits per heavy atom. The molecule has 6 nitrogen and oxygen atoms in total. The molecule has 0 atom stereocenters. The van der Waals surface area contributed by atoms with Gasteiger partial charge in [0, 0.05) is 36.8 Å². The molecule has 1 amide bonds. The number of nitrogens with zero attached hydrogens (tertiary/aromatic N) is 3. The second-order valence-corrected chi connectivity index (χ2v) is 5.40. The van der Waals surface area contributed by atoms with Crippen LogP contribution in [0.3, 0.4) is 0 Å². The summed E-state index contributed by atoms with van der Waals surface area (Å²) < 4.78 is 6.75. The topological polar surface area (TPSA) is 75.3 Å². The van der Waals surface area contributed by atoms with Gasteiger partial charge in [-0.15, -0.1) is 0 Å². The summed E-state index contributed by atoms with van der Waals surface area (Å²) >= 11 is 0. The summed E-state index contributed by atoms with van der Waals surface area (Å²) in [6.07, 6.45) is 3.30. The molecule has 124 valence electrons. The van der Waals surface area contributed by atoms with Gasteiger partial charge < -0.3 is 14.2 Å². The SMILES string of the molecule is CCOC(=O)Cn1cc(C=C(C#N)C(=O)N(C)C)c2ccccc21. The molecule has 0 unspecified atom stereocenters. The maximum absolute atomic E-state index is 12.0. The predicted octanol–water partition coefficient (Wildman–Crippen LogP) is 2.20. The fourth-order valence-electron chi connectivity index (χ4n) is 2.40. The number of nitriles is 1. The van der Waals surface area contributed by atoms with E-state index in [9.17, 15) is 14.9 Å². The number of likely N-dealkylation sites (N-methyl/N-ethyl adjacent to an activating group) is 1. The Kier molecular flexibility index (Phi) is 5.38. The minimum absolute atomic E-state index is 0.0408. The predicted molar refractivity (Wildman–Crippen MR) is 90.9 cm³/mol. The molecule has 1 heterocycles. The molecule has 0 spiro atoms. The highest BCUT2D eigenvalue weighted by Gasteiger charge is 2.15. The van der Waals surface area contributed by atoms with E-state index in [0.29, 0.717) is 12.2 Å². The second kappa shape index (κ2) is 7.47. The van der Waals surface area contributed by atoms with Crippen molar-refractivity contribution in [3.8, 4) is 6.07 Å². The van der Waals surface area contributed by atoms with Crippen LogP contribution in [0.2, 0.25) is 0 Å². The molecule has 0 saturated heterocycles. The molecule has 0 aliphatic heterocycles. The number of hydrogen-bond acceptors (Lipinski definition) is 4. The van der Waals surface area contributed by atoms with Crippen LogP contribution in [0.4, 0.5) is 0 Å². The highest BCUT2D eigenvalue weighted by Crippen LogP contribution is 2.24. The Hall–Kier alpha value is -3.07. The fourth-order valence-corrected chi connectivity index (χ4v) is 2.40. The van der Waals surface area contributed by atoms with Crippen LogP contribution >= 0.6 is 0 Å². The van der Waals surface area contributed by atoms with Gasteiger partial charge in [0.15, 0.2) is 0 Å². The fraction of sp³-hybridized carbons (Fsp3) is 0.278. The quantitative estimate of drug-likeness (QED) is 0.480. The zero-order valence-electron chi connectivity index (χ0n) is 13.9. The van der Waals surface area contributed by atoms with Gasteiger partial charge in [0.2, 0.25) is 0 Å².